The summed E-state index contributed by atoms with van der Waals surface area (Å²) < 4.78 is 32.6. The van der Waals surface area contributed by atoms with E-state index in [1.165, 1.54) is 64.2 Å². The Hall–Kier alpha value is -2.29. The molecule has 10 heteroatoms. The summed E-state index contributed by atoms with van der Waals surface area (Å²) in [5, 5.41) is 0. The minimum Gasteiger partial charge on any atom is -0.462 e. The molecule has 53 heavy (non-hydrogen) atoms. The van der Waals surface area contributed by atoms with Gasteiger partial charge in [-0.2, -0.15) is 0 Å². The smallest absolute Gasteiger partial charge is 0.462 e. The van der Waals surface area contributed by atoms with Crippen LogP contribution in [0.4, 0.5) is 0 Å². The topological polar surface area (TPSA) is 134 Å². The van der Waals surface area contributed by atoms with Crippen LogP contribution in [0.2, 0.25) is 0 Å². The number of phosphoric acid groups is 1. The minimum atomic E-state index is -4.39. The zero-order valence-corrected chi connectivity index (χ0v) is 34.4. The summed E-state index contributed by atoms with van der Waals surface area (Å²) in [5.41, 5.74) is 5.33. The van der Waals surface area contributed by atoms with Crippen molar-refractivity contribution < 1.29 is 37.6 Å². The maximum Gasteiger partial charge on any atom is 0.472 e. The van der Waals surface area contributed by atoms with Crippen LogP contribution in [0.5, 0.6) is 0 Å². The molecule has 2 atom stereocenters. The molecule has 306 valence electrons. The number of unbranched alkanes of at least 4 members (excludes halogenated alkanes) is 15. The molecular formula is C43H76NO8P. The van der Waals surface area contributed by atoms with E-state index in [-0.39, 0.29) is 32.6 Å². The fraction of sp³-hybridized carbons (Fsp3) is 0.721. The maximum atomic E-state index is 12.5. The summed E-state index contributed by atoms with van der Waals surface area (Å²) in [7, 11) is -4.39. The van der Waals surface area contributed by atoms with Gasteiger partial charge in [-0.15, -0.1) is 0 Å². The lowest BCUT2D eigenvalue weighted by atomic mass is 10.1. The number of hydrogen-bond donors (Lipinski definition) is 2. The van der Waals surface area contributed by atoms with E-state index in [2.05, 4.69) is 68.5 Å². The molecule has 0 spiro atoms. The summed E-state index contributed by atoms with van der Waals surface area (Å²) in [6, 6.07) is 0. The van der Waals surface area contributed by atoms with Crippen molar-refractivity contribution >= 4 is 19.8 Å². The molecule has 0 amide bonds. The van der Waals surface area contributed by atoms with Crippen molar-refractivity contribution in [3.8, 4) is 0 Å². The molecule has 0 saturated heterocycles. The maximum absolute atomic E-state index is 12.5. The van der Waals surface area contributed by atoms with Crippen molar-refractivity contribution in [2.75, 3.05) is 26.4 Å². The molecule has 0 aromatic carbocycles. The van der Waals surface area contributed by atoms with E-state index in [1.54, 1.807) is 0 Å². The Balaban J connectivity index is 4.31. The molecule has 0 heterocycles. The highest BCUT2D eigenvalue weighted by atomic mass is 31.2. The molecule has 0 aliphatic heterocycles. The number of nitrogens with two attached hydrogens (primary N) is 1. The molecule has 0 rings (SSSR count). The van der Waals surface area contributed by atoms with E-state index >= 15 is 0 Å². The van der Waals surface area contributed by atoms with Gasteiger partial charge in [0.05, 0.1) is 13.2 Å². The van der Waals surface area contributed by atoms with Crippen molar-refractivity contribution in [3.05, 3.63) is 60.8 Å². The number of ether oxygens (including phenoxy) is 2. The second-order valence-corrected chi connectivity index (χ2v) is 14.9. The Morgan fingerprint density at radius 1 is 0.566 bits per heavy atom. The van der Waals surface area contributed by atoms with Gasteiger partial charge >= 0.3 is 19.8 Å². The predicted octanol–water partition coefficient (Wildman–Crippen LogP) is 11.7. The fourth-order valence-corrected chi connectivity index (χ4v) is 6.03. The van der Waals surface area contributed by atoms with Gasteiger partial charge in [-0.05, 0) is 77.0 Å². The summed E-state index contributed by atoms with van der Waals surface area (Å²) in [6.45, 7) is 3.61. The zero-order valence-electron chi connectivity index (χ0n) is 33.5. The molecule has 0 radical (unpaired) electrons. The number of esters is 2. The van der Waals surface area contributed by atoms with E-state index < -0.39 is 32.5 Å². The van der Waals surface area contributed by atoms with Crippen LogP contribution in [0, 0.1) is 0 Å². The molecule has 0 aliphatic carbocycles. The predicted molar refractivity (Wildman–Crippen MR) is 219 cm³/mol. The van der Waals surface area contributed by atoms with E-state index in [1.807, 2.05) is 6.08 Å². The standard InChI is InChI=1S/C43H76NO8P/c1-3-5-7-9-11-13-15-17-19-20-22-24-26-28-30-32-34-36-43(46)52-41(40-51-53(47,48)50-38-37-44)39-49-42(45)35-33-31-29-27-25-23-21-18-16-14-12-10-8-6-4-2/h12,14,17-19,21-22,24,28,30,41H,3-11,13,15-16,20,23,25-27,29,31-40,44H2,1-2H3,(H,47,48)/b14-12-,19-17-,21-18-,24-22-,30-28-/t41-/m1/s1. The normalized spacial score (nSPS) is 14.0. The van der Waals surface area contributed by atoms with Crippen LogP contribution in [-0.2, 0) is 32.7 Å². The van der Waals surface area contributed by atoms with Crippen LogP contribution in [0.25, 0.3) is 0 Å². The Labute approximate surface area is 323 Å². The van der Waals surface area contributed by atoms with E-state index in [0.717, 1.165) is 57.8 Å². The third kappa shape index (κ3) is 39.2. The average molecular weight is 766 g/mol. The van der Waals surface area contributed by atoms with Crippen LogP contribution in [0.3, 0.4) is 0 Å². The lowest BCUT2D eigenvalue weighted by Crippen LogP contribution is -2.29. The van der Waals surface area contributed by atoms with Crippen LogP contribution >= 0.6 is 7.82 Å². The van der Waals surface area contributed by atoms with Crippen molar-refractivity contribution in [3.63, 3.8) is 0 Å². The van der Waals surface area contributed by atoms with E-state index in [9.17, 15) is 19.0 Å². The molecule has 0 aromatic heterocycles. The molecule has 0 aromatic rings. The summed E-state index contributed by atoms with van der Waals surface area (Å²) >= 11 is 0. The van der Waals surface area contributed by atoms with Crippen molar-refractivity contribution in [1.29, 1.82) is 0 Å². The van der Waals surface area contributed by atoms with Crippen LogP contribution in [0.1, 0.15) is 168 Å². The summed E-state index contributed by atoms with van der Waals surface area (Å²) in [4.78, 5) is 34.8. The number of carbonyl (C=O) groups is 2. The molecular weight excluding hydrogens is 689 g/mol. The second kappa shape index (κ2) is 39.4. The third-order valence-corrected chi connectivity index (χ3v) is 9.36. The molecule has 3 N–H and O–H groups in total. The number of carbonyl (C=O) groups excluding carboxylic acids is 2. The third-order valence-electron chi connectivity index (χ3n) is 8.38. The highest BCUT2D eigenvalue weighted by Crippen LogP contribution is 2.43. The lowest BCUT2D eigenvalue weighted by Gasteiger charge is -2.19. The van der Waals surface area contributed by atoms with E-state index in [4.69, 9.17) is 24.3 Å². The Kier molecular flexibility index (Phi) is 37.7. The quantitative estimate of drug-likeness (QED) is 0.0272. The number of phosphoric ester groups is 1. The monoisotopic (exact) mass is 766 g/mol. The van der Waals surface area contributed by atoms with Crippen molar-refractivity contribution in [2.45, 2.75) is 174 Å². The highest BCUT2D eigenvalue weighted by Gasteiger charge is 2.25. The number of hydrogen-bond acceptors (Lipinski definition) is 8. The molecule has 1 unspecified atom stereocenters. The number of allylic oxidation sites excluding steroid dienone is 10. The van der Waals surface area contributed by atoms with Gasteiger partial charge < -0.3 is 20.1 Å². The molecule has 0 fully saturated rings. The number of rotatable bonds is 38. The van der Waals surface area contributed by atoms with Gasteiger partial charge in [0.25, 0.3) is 0 Å². The van der Waals surface area contributed by atoms with Gasteiger partial charge in [0, 0.05) is 19.4 Å². The zero-order chi connectivity index (χ0) is 38.9. The largest absolute Gasteiger partial charge is 0.472 e. The Morgan fingerprint density at radius 3 is 1.55 bits per heavy atom. The molecule has 9 nitrogen and oxygen atoms in total. The molecule has 0 aliphatic rings. The summed E-state index contributed by atoms with van der Waals surface area (Å²) in [5.74, 6) is -0.910. The summed E-state index contributed by atoms with van der Waals surface area (Å²) in [6.07, 6.45) is 45.4. The van der Waals surface area contributed by atoms with Gasteiger partial charge in [0.2, 0.25) is 0 Å². The SMILES string of the molecule is CCCCC/C=C\C/C=C\CCCCCCCC(=O)OC[C@H](COP(=O)(O)OCCN)OC(=O)CCC/C=C\C/C=C\C/C=C\CCCCCCCC. The van der Waals surface area contributed by atoms with Crippen molar-refractivity contribution in [1.82, 2.24) is 0 Å². The average Bonchev–Trinajstić information content (AvgIpc) is 3.14. The lowest BCUT2D eigenvalue weighted by molar-refractivity contribution is -0.161. The van der Waals surface area contributed by atoms with Crippen LogP contribution < -0.4 is 5.73 Å². The minimum absolute atomic E-state index is 0.0412. The Bertz CT molecular complexity index is 1050. The van der Waals surface area contributed by atoms with Crippen LogP contribution in [0.15, 0.2) is 60.8 Å². The van der Waals surface area contributed by atoms with Crippen molar-refractivity contribution in [2.24, 2.45) is 5.73 Å². The first-order valence-electron chi connectivity index (χ1n) is 20.8. The van der Waals surface area contributed by atoms with Gasteiger partial charge in [-0.1, -0.05) is 139 Å². The molecule has 0 saturated carbocycles. The van der Waals surface area contributed by atoms with Gasteiger partial charge in [-0.25, -0.2) is 4.57 Å². The first-order valence-corrected chi connectivity index (χ1v) is 22.3. The molecule has 0 bridgehead atoms. The highest BCUT2D eigenvalue weighted by molar-refractivity contribution is 7.47. The van der Waals surface area contributed by atoms with Gasteiger partial charge in [0.1, 0.15) is 6.61 Å². The Morgan fingerprint density at radius 2 is 1.00 bits per heavy atom. The first-order chi connectivity index (χ1) is 25.8. The van der Waals surface area contributed by atoms with E-state index in [0.29, 0.717) is 19.3 Å². The van der Waals surface area contributed by atoms with Gasteiger partial charge in [0.15, 0.2) is 6.10 Å². The first kappa shape index (κ1) is 50.7. The fourth-order valence-electron chi connectivity index (χ4n) is 5.27. The van der Waals surface area contributed by atoms with Gasteiger partial charge in [-0.3, -0.25) is 18.6 Å². The second-order valence-electron chi connectivity index (χ2n) is 13.5. The van der Waals surface area contributed by atoms with Crippen LogP contribution in [-0.4, -0.2) is 49.3 Å².